The molecule has 106 valence electrons. The lowest BCUT2D eigenvalue weighted by Gasteiger charge is -2.28. The molecule has 1 rings (SSSR count). The highest BCUT2D eigenvalue weighted by Gasteiger charge is 2.34. The second-order valence-corrected chi connectivity index (χ2v) is 6.89. The van der Waals surface area contributed by atoms with Crippen molar-refractivity contribution >= 4 is 40.7 Å². The standard InChI is InChI=1S/C13H17Cl3N2O/c1-9(2)17-12(13(14,15)16)18-11(19)8-10-6-4-3-5-7-10/h3-7,9,12,17H,8H2,1-2H3,(H,18,19)/t12-/m1/s1. The summed E-state index contributed by atoms with van der Waals surface area (Å²) in [6.45, 7) is 3.82. The number of alkyl halides is 3. The molecule has 1 aromatic carbocycles. The van der Waals surface area contributed by atoms with Crippen molar-refractivity contribution in [2.24, 2.45) is 0 Å². The molecule has 3 nitrogen and oxygen atoms in total. The minimum atomic E-state index is -1.60. The van der Waals surface area contributed by atoms with Gasteiger partial charge in [-0.3, -0.25) is 10.1 Å². The van der Waals surface area contributed by atoms with Gasteiger partial charge in [-0.15, -0.1) is 0 Å². The van der Waals surface area contributed by atoms with E-state index in [4.69, 9.17) is 34.8 Å². The van der Waals surface area contributed by atoms with Crippen molar-refractivity contribution in [1.29, 1.82) is 0 Å². The van der Waals surface area contributed by atoms with Gasteiger partial charge in [-0.25, -0.2) is 0 Å². The van der Waals surface area contributed by atoms with Gasteiger partial charge in [0.15, 0.2) is 0 Å². The van der Waals surface area contributed by atoms with E-state index in [1.807, 2.05) is 44.2 Å². The number of amides is 1. The second kappa shape index (κ2) is 7.34. The fourth-order valence-corrected chi connectivity index (χ4v) is 1.90. The van der Waals surface area contributed by atoms with Crippen LogP contribution in [0.2, 0.25) is 0 Å². The number of hydrogen-bond donors (Lipinski definition) is 2. The smallest absolute Gasteiger partial charge is 0.225 e. The van der Waals surface area contributed by atoms with Gasteiger partial charge >= 0.3 is 0 Å². The molecule has 1 aromatic rings. The van der Waals surface area contributed by atoms with E-state index in [9.17, 15) is 4.79 Å². The van der Waals surface area contributed by atoms with E-state index in [-0.39, 0.29) is 18.4 Å². The van der Waals surface area contributed by atoms with Crippen molar-refractivity contribution in [3.63, 3.8) is 0 Å². The Bertz CT molecular complexity index is 404. The van der Waals surface area contributed by atoms with Gasteiger partial charge in [-0.1, -0.05) is 65.1 Å². The van der Waals surface area contributed by atoms with Crippen LogP contribution in [0.1, 0.15) is 19.4 Å². The third-order valence-corrected chi connectivity index (χ3v) is 2.99. The number of halogens is 3. The number of nitrogens with one attached hydrogen (secondary N) is 2. The average Bonchev–Trinajstić information content (AvgIpc) is 2.27. The van der Waals surface area contributed by atoms with Crippen molar-refractivity contribution in [3.05, 3.63) is 35.9 Å². The van der Waals surface area contributed by atoms with E-state index in [0.717, 1.165) is 5.56 Å². The Kier molecular flexibility index (Phi) is 6.40. The number of rotatable bonds is 5. The summed E-state index contributed by atoms with van der Waals surface area (Å²) in [6.07, 6.45) is -0.480. The summed E-state index contributed by atoms with van der Waals surface area (Å²) >= 11 is 17.5. The van der Waals surface area contributed by atoms with Gasteiger partial charge in [-0.2, -0.15) is 0 Å². The van der Waals surface area contributed by atoms with Crippen LogP contribution in [0.5, 0.6) is 0 Å². The molecule has 19 heavy (non-hydrogen) atoms. The normalized spacial score (nSPS) is 13.4. The maximum atomic E-state index is 11.9. The molecule has 0 saturated heterocycles. The Balaban J connectivity index is 2.61. The molecule has 0 saturated carbocycles. The third kappa shape index (κ3) is 6.48. The fourth-order valence-electron chi connectivity index (χ4n) is 1.54. The predicted molar refractivity (Wildman–Crippen MR) is 80.6 cm³/mol. The van der Waals surface area contributed by atoms with Crippen LogP contribution in [0, 0.1) is 0 Å². The van der Waals surface area contributed by atoms with Crippen LogP contribution >= 0.6 is 34.8 Å². The highest BCUT2D eigenvalue weighted by atomic mass is 35.6. The molecular weight excluding hydrogens is 307 g/mol. The molecule has 2 N–H and O–H groups in total. The van der Waals surface area contributed by atoms with Crippen molar-refractivity contribution in [3.8, 4) is 0 Å². The number of hydrogen-bond acceptors (Lipinski definition) is 2. The SMILES string of the molecule is CC(C)N[C@H](NC(=O)Cc1ccccc1)C(Cl)(Cl)Cl. The molecule has 1 atom stereocenters. The molecule has 0 bridgehead atoms. The molecule has 6 heteroatoms. The summed E-state index contributed by atoms with van der Waals surface area (Å²) in [5.74, 6) is -0.198. The minimum absolute atomic E-state index is 0.0812. The Morgan fingerprint density at radius 2 is 1.79 bits per heavy atom. The lowest BCUT2D eigenvalue weighted by Crippen LogP contribution is -2.55. The maximum absolute atomic E-state index is 11.9. The first-order valence-corrected chi connectivity index (χ1v) is 7.08. The zero-order chi connectivity index (χ0) is 14.5. The summed E-state index contributed by atoms with van der Waals surface area (Å²) in [6, 6.07) is 9.48. The first-order chi connectivity index (χ1) is 8.79. The second-order valence-electron chi connectivity index (χ2n) is 4.53. The molecular formula is C13H17Cl3N2O. The van der Waals surface area contributed by atoms with Gasteiger partial charge in [0.25, 0.3) is 0 Å². The lowest BCUT2D eigenvalue weighted by atomic mass is 10.1. The highest BCUT2D eigenvalue weighted by molar-refractivity contribution is 6.68. The average molecular weight is 324 g/mol. The first-order valence-electron chi connectivity index (χ1n) is 5.95. The summed E-state index contributed by atoms with van der Waals surface area (Å²) in [4.78, 5) is 11.9. The molecule has 0 aliphatic carbocycles. The van der Waals surface area contributed by atoms with Crippen LogP contribution in [-0.4, -0.2) is 21.9 Å². The van der Waals surface area contributed by atoms with E-state index < -0.39 is 9.96 Å². The largest absolute Gasteiger partial charge is 0.336 e. The van der Waals surface area contributed by atoms with Crippen molar-refractivity contribution < 1.29 is 4.79 Å². The number of carbonyl (C=O) groups is 1. The molecule has 0 aliphatic heterocycles. The van der Waals surface area contributed by atoms with Crippen LogP contribution in [0.3, 0.4) is 0 Å². The van der Waals surface area contributed by atoms with Gasteiger partial charge < -0.3 is 5.32 Å². The zero-order valence-corrected chi connectivity index (χ0v) is 13.1. The Morgan fingerprint density at radius 1 is 1.21 bits per heavy atom. The Hall–Kier alpha value is -0.480. The van der Waals surface area contributed by atoms with Crippen molar-refractivity contribution in [2.75, 3.05) is 0 Å². The summed E-state index contributed by atoms with van der Waals surface area (Å²) in [7, 11) is 0. The maximum Gasteiger partial charge on any atom is 0.225 e. The van der Waals surface area contributed by atoms with Gasteiger partial charge in [-0.05, 0) is 19.4 Å². The molecule has 0 spiro atoms. The van der Waals surface area contributed by atoms with Gasteiger partial charge in [0.1, 0.15) is 6.17 Å². The van der Waals surface area contributed by atoms with Crippen LogP contribution < -0.4 is 10.6 Å². The topological polar surface area (TPSA) is 41.1 Å². The molecule has 0 radical (unpaired) electrons. The first kappa shape index (κ1) is 16.6. The van der Waals surface area contributed by atoms with Crippen LogP contribution in [0.25, 0.3) is 0 Å². The quantitative estimate of drug-likeness (QED) is 0.646. The van der Waals surface area contributed by atoms with Crippen LogP contribution in [-0.2, 0) is 11.2 Å². The highest BCUT2D eigenvalue weighted by Crippen LogP contribution is 2.29. The summed E-state index contributed by atoms with van der Waals surface area (Å²) < 4.78 is -1.60. The van der Waals surface area contributed by atoms with E-state index in [1.165, 1.54) is 0 Å². The van der Waals surface area contributed by atoms with Gasteiger partial charge in [0.05, 0.1) is 6.42 Å². The minimum Gasteiger partial charge on any atom is -0.336 e. The van der Waals surface area contributed by atoms with E-state index in [1.54, 1.807) is 0 Å². The molecule has 1 amide bonds. The molecule has 0 aliphatic rings. The van der Waals surface area contributed by atoms with Crippen LogP contribution in [0.15, 0.2) is 30.3 Å². The summed E-state index contributed by atoms with van der Waals surface area (Å²) in [5, 5.41) is 5.70. The molecule has 0 heterocycles. The predicted octanol–water partition coefficient (Wildman–Crippen LogP) is 3.04. The Morgan fingerprint density at radius 3 is 2.26 bits per heavy atom. The van der Waals surface area contributed by atoms with Gasteiger partial charge in [0.2, 0.25) is 9.70 Å². The van der Waals surface area contributed by atoms with Crippen LogP contribution in [0.4, 0.5) is 0 Å². The van der Waals surface area contributed by atoms with Crippen molar-refractivity contribution in [1.82, 2.24) is 10.6 Å². The van der Waals surface area contributed by atoms with Gasteiger partial charge in [0, 0.05) is 6.04 Å². The fraction of sp³-hybridized carbons (Fsp3) is 0.462. The van der Waals surface area contributed by atoms with Crippen molar-refractivity contribution in [2.45, 2.75) is 36.3 Å². The molecule has 0 aromatic heterocycles. The zero-order valence-electron chi connectivity index (χ0n) is 10.8. The van der Waals surface area contributed by atoms with E-state index in [0.29, 0.717) is 0 Å². The Labute approximate surface area is 128 Å². The third-order valence-electron chi connectivity index (χ3n) is 2.34. The molecule has 0 fully saturated rings. The monoisotopic (exact) mass is 322 g/mol. The van der Waals surface area contributed by atoms with E-state index >= 15 is 0 Å². The number of carbonyl (C=O) groups excluding carboxylic acids is 1. The molecule has 0 unspecified atom stereocenters. The summed E-state index contributed by atoms with van der Waals surface area (Å²) in [5.41, 5.74) is 0.910. The number of benzene rings is 1. The lowest BCUT2D eigenvalue weighted by molar-refractivity contribution is -0.121. The van der Waals surface area contributed by atoms with E-state index in [2.05, 4.69) is 10.6 Å².